The number of nitrogens with one attached hydrogen (secondary N) is 2. The van der Waals surface area contributed by atoms with E-state index < -0.39 is 5.41 Å². The van der Waals surface area contributed by atoms with E-state index >= 15 is 0 Å². The average molecular weight is 371 g/mol. The topological polar surface area (TPSA) is 77.7 Å². The van der Waals surface area contributed by atoms with Crippen molar-refractivity contribution in [3.05, 3.63) is 54.6 Å². The summed E-state index contributed by atoms with van der Waals surface area (Å²) >= 11 is 0. The zero-order valence-electron chi connectivity index (χ0n) is 15.9. The first-order valence-corrected chi connectivity index (χ1v) is 9.41. The molecule has 0 radical (unpaired) electrons. The molecule has 0 atom stereocenters. The van der Waals surface area contributed by atoms with Gasteiger partial charge < -0.3 is 9.88 Å². The van der Waals surface area contributed by atoms with E-state index in [2.05, 4.69) is 27.8 Å². The minimum absolute atomic E-state index is 0.121. The molecule has 2 N–H and O–H groups in total. The number of imidazole rings is 1. The number of amides is 1. The molecular weight excluding hydrogens is 350 g/mol. The summed E-state index contributed by atoms with van der Waals surface area (Å²) < 4.78 is 0. The molecule has 0 saturated heterocycles. The van der Waals surface area contributed by atoms with Crippen molar-refractivity contribution in [2.45, 2.75) is 25.7 Å². The smallest absolute Gasteiger partial charge is 0.237 e. The van der Waals surface area contributed by atoms with E-state index in [0.717, 1.165) is 51.1 Å². The number of aromatic nitrogens is 4. The maximum Gasteiger partial charge on any atom is 0.237 e. The Hall–Kier alpha value is -3.41. The molecule has 0 fully saturated rings. The minimum atomic E-state index is -0.561. The van der Waals surface area contributed by atoms with Crippen LogP contribution in [0.2, 0.25) is 0 Å². The molecule has 0 unspecified atom stereocenters. The van der Waals surface area contributed by atoms with Crippen molar-refractivity contribution in [1.29, 1.82) is 0 Å². The second-order valence-electron chi connectivity index (χ2n) is 7.75. The lowest BCUT2D eigenvalue weighted by Gasteiger charge is -2.19. The van der Waals surface area contributed by atoms with Gasteiger partial charge in [-0.3, -0.25) is 9.89 Å². The van der Waals surface area contributed by atoms with Crippen LogP contribution in [-0.2, 0) is 10.2 Å². The Balaban J connectivity index is 1.67. The van der Waals surface area contributed by atoms with Crippen LogP contribution < -0.4 is 4.90 Å². The number of nitrogens with zero attached hydrogens (tertiary/aromatic N) is 3. The SMILES string of the molecule is C=CCCN1C(=O)C(C)(C)c2cc3[nH]c(-c4n[nH]c5ccccc45)nc3cc21. The molecule has 5 rings (SSSR count). The van der Waals surface area contributed by atoms with Gasteiger partial charge in [-0.25, -0.2) is 4.98 Å². The van der Waals surface area contributed by atoms with E-state index in [-0.39, 0.29) is 5.91 Å². The molecule has 4 aromatic rings. The molecule has 6 heteroatoms. The number of aromatic amines is 2. The molecule has 6 nitrogen and oxygen atoms in total. The third-order valence-electron chi connectivity index (χ3n) is 5.59. The second-order valence-corrected chi connectivity index (χ2v) is 7.75. The van der Waals surface area contributed by atoms with E-state index in [0.29, 0.717) is 6.54 Å². The van der Waals surface area contributed by atoms with Crippen LogP contribution in [-0.4, -0.2) is 32.6 Å². The van der Waals surface area contributed by atoms with Crippen LogP contribution in [0, 0.1) is 0 Å². The van der Waals surface area contributed by atoms with Crippen LogP contribution in [0.25, 0.3) is 33.5 Å². The quantitative estimate of drug-likeness (QED) is 0.525. The van der Waals surface area contributed by atoms with Crippen LogP contribution in [0.5, 0.6) is 0 Å². The van der Waals surface area contributed by atoms with Crippen LogP contribution in [0.15, 0.2) is 49.1 Å². The van der Waals surface area contributed by atoms with Gasteiger partial charge in [-0.1, -0.05) is 24.3 Å². The summed E-state index contributed by atoms with van der Waals surface area (Å²) in [5, 5.41) is 8.52. The maximum absolute atomic E-state index is 12.9. The predicted octanol–water partition coefficient (Wildman–Crippen LogP) is 4.31. The molecule has 0 aliphatic carbocycles. The third-order valence-corrected chi connectivity index (χ3v) is 5.59. The van der Waals surface area contributed by atoms with E-state index in [1.165, 1.54) is 0 Å². The fraction of sp³-hybridized carbons (Fsp3) is 0.227. The van der Waals surface area contributed by atoms with Crippen LogP contribution >= 0.6 is 0 Å². The summed E-state index contributed by atoms with van der Waals surface area (Å²) in [4.78, 5) is 23.0. The van der Waals surface area contributed by atoms with Crippen molar-refractivity contribution < 1.29 is 4.79 Å². The van der Waals surface area contributed by atoms with Crippen molar-refractivity contribution in [2.24, 2.45) is 0 Å². The maximum atomic E-state index is 12.9. The second kappa shape index (κ2) is 5.79. The Bertz CT molecular complexity index is 1250. The summed E-state index contributed by atoms with van der Waals surface area (Å²) in [6.45, 7) is 8.37. The number of benzene rings is 2. The lowest BCUT2D eigenvalue weighted by Crippen LogP contribution is -2.36. The number of carbonyl (C=O) groups excluding carboxylic acids is 1. The van der Waals surface area contributed by atoms with Gasteiger partial charge in [-0.05, 0) is 44.0 Å². The van der Waals surface area contributed by atoms with Crippen LogP contribution in [0.3, 0.4) is 0 Å². The fourth-order valence-electron chi connectivity index (χ4n) is 4.03. The van der Waals surface area contributed by atoms with E-state index in [1.54, 1.807) is 0 Å². The number of H-pyrrole nitrogens is 2. The molecule has 1 amide bonds. The van der Waals surface area contributed by atoms with Crippen molar-refractivity contribution in [3.8, 4) is 11.5 Å². The standard InChI is InChI=1S/C22H21N5O/c1-4-5-10-27-18-12-17-16(11-14(18)22(2,3)21(27)28)23-20(24-17)19-13-8-6-7-9-15(13)25-26-19/h4,6-9,11-12H,1,5,10H2,2-3H3,(H,23,24)(H,25,26). The van der Waals surface area contributed by atoms with Gasteiger partial charge in [0.25, 0.3) is 0 Å². The van der Waals surface area contributed by atoms with E-state index in [1.807, 2.05) is 55.2 Å². The summed E-state index contributed by atoms with van der Waals surface area (Å²) in [7, 11) is 0. The van der Waals surface area contributed by atoms with Gasteiger partial charge in [0.1, 0.15) is 5.69 Å². The number of para-hydroxylation sites is 1. The highest BCUT2D eigenvalue weighted by Gasteiger charge is 2.43. The third kappa shape index (κ3) is 2.24. The summed E-state index contributed by atoms with van der Waals surface area (Å²) in [5.41, 5.74) is 4.91. The molecule has 0 spiro atoms. The van der Waals surface area contributed by atoms with E-state index in [9.17, 15) is 4.79 Å². The Labute approximate surface area is 162 Å². The molecule has 2 aromatic carbocycles. The molecule has 28 heavy (non-hydrogen) atoms. The monoisotopic (exact) mass is 371 g/mol. The highest BCUT2D eigenvalue weighted by atomic mass is 16.2. The zero-order valence-corrected chi connectivity index (χ0v) is 15.9. The van der Waals surface area contributed by atoms with Crippen molar-refractivity contribution in [3.63, 3.8) is 0 Å². The predicted molar refractivity (Wildman–Crippen MR) is 111 cm³/mol. The highest BCUT2D eigenvalue weighted by molar-refractivity contribution is 6.09. The molecule has 3 heterocycles. The van der Waals surface area contributed by atoms with Crippen molar-refractivity contribution in [1.82, 2.24) is 20.2 Å². The molecule has 140 valence electrons. The Morgan fingerprint density at radius 3 is 2.86 bits per heavy atom. The molecule has 1 aliphatic rings. The Morgan fingerprint density at radius 2 is 2.04 bits per heavy atom. The van der Waals surface area contributed by atoms with Crippen LogP contribution in [0.4, 0.5) is 5.69 Å². The molecular formula is C22H21N5O. The number of anilines is 1. The number of carbonyl (C=O) groups is 1. The zero-order chi connectivity index (χ0) is 19.5. The Morgan fingerprint density at radius 1 is 1.21 bits per heavy atom. The first kappa shape index (κ1) is 16.7. The average Bonchev–Trinajstić information content (AvgIpc) is 3.34. The molecule has 0 saturated carbocycles. The van der Waals surface area contributed by atoms with Gasteiger partial charge in [-0.15, -0.1) is 6.58 Å². The number of hydrogen-bond donors (Lipinski definition) is 2. The van der Waals surface area contributed by atoms with Gasteiger partial charge in [-0.2, -0.15) is 5.10 Å². The largest absolute Gasteiger partial charge is 0.337 e. The lowest BCUT2D eigenvalue weighted by atomic mass is 9.86. The molecule has 0 bridgehead atoms. The molecule has 2 aromatic heterocycles. The first-order chi connectivity index (χ1) is 13.5. The van der Waals surface area contributed by atoms with Gasteiger partial charge >= 0.3 is 0 Å². The van der Waals surface area contributed by atoms with Crippen molar-refractivity contribution >= 4 is 33.5 Å². The Kier molecular flexibility index (Phi) is 3.46. The number of rotatable bonds is 4. The summed E-state index contributed by atoms with van der Waals surface area (Å²) in [6, 6.07) is 12.1. The summed E-state index contributed by atoms with van der Waals surface area (Å²) in [6.07, 6.45) is 2.59. The fourth-order valence-corrected chi connectivity index (χ4v) is 4.03. The minimum Gasteiger partial charge on any atom is -0.337 e. The number of fused-ring (bicyclic) bond motifs is 3. The van der Waals surface area contributed by atoms with E-state index in [4.69, 9.17) is 4.98 Å². The van der Waals surface area contributed by atoms with Gasteiger partial charge in [0, 0.05) is 11.9 Å². The highest BCUT2D eigenvalue weighted by Crippen LogP contribution is 2.43. The van der Waals surface area contributed by atoms with Crippen molar-refractivity contribution in [2.75, 3.05) is 11.4 Å². The van der Waals surface area contributed by atoms with Gasteiger partial charge in [0.05, 0.1) is 27.7 Å². The first-order valence-electron chi connectivity index (χ1n) is 9.41. The number of hydrogen-bond acceptors (Lipinski definition) is 3. The van der Waals surface area contributed by atoms with Gasteiger partial charge in [0.15, 0.2) is 5.82 Å². The molecule has 1 aliphatic heterocycles. The van der Waals surface area contributed by atoms with Crippen LogP contribution in [0.1, 0.15) is 25.8 Å². The summed E-state index contributed by atoms with van der Waals surface area (Å²) in [5.74, 6) is 0.841. The normalized spacial score (nSPS) is 15.5. The van der Waals surface area contributed by atoms with Gasteiger partial charge in [0.2, 0.25) is 5.91 Å². The lowest BCUT2D eigenvalue weighted by molar-refractivity contribution is -0.122.